The predicted molar refractivity (Wildman–Crippen MR) is 111 cm³/mol. The first-order valence-electron chi connectivity index (χ1n) is 9.51. The zero-order valence-electron chi connectivity index (χ0n) is 17.1. The number of methoxy groups -OCH3 is 2. The Morgan fingerprint density at radius 3 is 2.39 bits per heavy atom. The van der Waals surface area contributed by atoms with Crippen LogP contribution >= 0.6 is 0 Å². The number of carbonyl (C=O) groups excluding carboxylic acids is 1. The van der Waals surface area contributed by atoms with Crippen LogP contribution in [0, 0.1) is 0 Å². The van der Waals surface area contributed by atoms with Crippen LogP contribution in [0.15, 0.2) is 23.8 Å². The van der Waals surface area contributed by atoms with Gasteiger partial charge in [-0.25, -0.2) is 8.42 Å². The van der Waals surface area contributed by atoms with Gasteiger partial charge in [0.15, 0.2) is 11.5 Å². The maximum atomic E-state index is 12.9. The molecule has 2 rings (SSSR count). The summed E-state index contributed by atoms with van der Waals surface area (Å²) in [5, 5.41) is 2.91. The summed E-state index contributed by atoms with van der Waals surface area (Å²) in [7, 11) is -0.615. The fourth-order valence-electron chi connectivity index (χ4n) is 3.40. The minimum atomic E-state index is -3.56. The van der Waals surface area contributed by atoms with Crippen LogP contribution < -0.4 is 19.1 Å². The highest BCUT2D eigenvalue weighted by Gasteiger charge is 2.25. The topological polar surface area (TPSA) is 84.9 Å². The fraction of sp³-hybridized carbons (Fsp3) is 0.550. The molecule has 1 aliphatic carbocycles. The Morgan fingerprint density at radius 2 is 1.86 bits per heavy atom. The highest BCUT2D eigenvalue weighted by atomic mass is 32.2. The van der Waals surface area contributed by atoms with Crippen molar-refractivity contribution in [3.8, 4) is 11.5 Å². The van der Waals surface area contributed by atoms with E-state index in [1.54, 1.807) is 6.92 Å². The van der Waals surface area contributed by atoms with E-state index in [0.29, 0.717) is 18.0 Å². The molecule has 0 fully saturated rings. The molecular weight excluding hydrogens is 380 g/mol. The lowest BCUT2D eigenvalue weighted by atomic mass is 9.97. The maximum absolute atomic E-state index is 12.9. The Balaban J connectivity index is 2.31. The number of sulfonamides is 1. The van der Waals surface area contributed by atoms with E-state index in [1.807, 2.05) is 0 Å². The lowest BCUT2D eigenvalue weighted by molar-refractivity contribution is 0.0954. The molecule has 1 amide bonds. The van der Waals surface area contributed by atoms with Crippen LogP contribution in [0.2, 0.25) is 0 Å². The fourth-order valence-corrected chi connectivity index (χ4v) is 4.38. The Hall–Kier alpha value is -2.22. The number of anilines is 1. The first kappa shape index (κ1) is 22.1. The summed E-state index contributed by atoms with van der Waals surface area (Å²) >= 11 is 0. The molecule has 7 nitrogen and oxygen atoms in total. The minimum Gasteiger partial charge on any atom is -0.493 e. The molecule has 8 heteroatoms. The smallest absolute Gasteiger partial charge is 0.253 e. The summed E-state index contributed by atoms with van der Waals surface area (Å²) in [4.78, 5) is 12.9. The zero-order chi connectivity index (χ0) is 20.7. The minimum absolute atomic E-state index is 0.196. The SMILES string of the molecule is CCN(c1cc(OC)c(OC)cc1C(=O)NCCC1=CCCCC1)S(C)(=O)=O. The lowest BCUT2D eigenvalue weighted by Gasteiger charge is -2.24. The number of amides is 1. The number of hydrogen-bond acceptors (Lipinski definition) is 5. The number of ether oxygens (including phenoxy) is 2. The molecule has 1 aromatic carbocycles. The van der Waals surface area contributed by atoms with E-state index in [0.717, 1.165) is 25.5 Å². The molecule has 156 valence electrons. The molecule has 0 heterocycles. The molecule has 0 bridgehead atoms. The van der Waals surface area contributed by atoms with Crippen LogP contribution in [-0.4, -0.2) is 47.9 Å². The molecule has 0 aromatic heterocycles. The van der Waals surface area contributed by atoms with Crippen LogP contribution in [0.5, 0.6) is 11.5 Å². The Kier molecular flexibility index (Phi) is 7.74. The second-order valence-electron chi connectivity index (χ2n) is 6.77. The molecule has 0 unspecified atom stereocenters. The van der Waals surface area contributed by atoms with Crippen LogP contribution in [0.1, 0.15) is 49.4 Å². The summed E-state index contributed by atoms with van der Waals surface area (Å²) in [6.07, 6.45) is 8.77. The molecule has 1 aromatic rings. The number of rotatable bonds is 9. The van der Waals surface area contributed by atoms with Gasteiger partial charge in [-0.2, -0.15) is 0 Å². The quantitative estimate of drug-likeness (QED) is 0.632. The monoisotopic (exact) mass is 410 g/mol. The van der Waals surface area contributed by atoms with E-state index in [-0.39, 0.29) is 23.7 Å². The van der Waals surface area contributed by atoms with Gasteiger partial charge in [0.2, 0.25) is 10.0 Å². The van der Waals surface area contributed by atoms with Crippen LogP contribution in [0.3, 0.4) is 0 Å². The van der Waals surface area contributed by atoms with Crippen molar-refractivity contribution < 1.29 is 22.7 Å². The molecule has 1 aliphatic rings. The van der Waals surface area contributed by atoms with Gasteiger partial charge in [0.25, 0.3) is 5.91 Å². The molecule has 28 heavy (non-hydrogen) atoms. The lowest BCUT2D eigenvalue weighted by Crippen LogP contribution is -2.33. The Labute approximate surface area is 167 Å². The van der Waals surface area contributed by atoms with Crippen LogP contribution in [0.25, 0.3) is 0 Å². The second kappa shape index (κ2) is 9.82. The largest absolute Gasteiger partial charge is 0.493 e. The van der Waals surface area contributed by atoms with Crippen LogP contribution in [0.4, 0.5) is 5.69 Å². The van der Waals surface area contributed by atoms with Crippen molar-refractivity contribution in [2.75, 3.05) is 37.9 Å². The third-order valence-electron chi connectivity index (χ3n) is 4.82. The molecule has 0 spiro atoms. The Bertz CT molecular complexity index is 833. The summed E-state index contributed by atoms with van der Waals surface area (Å²) in [6.45, 7) is 2.42. The third-order valence-corrected chi connectivity index (χ3v) is 6.07. The van der Waals surface area contributed by atoms with Crippen molar-refractivity contribution in [3.63, 3.8) is 0 Å². The van der Waals surface area contributed by atoms with E-state index in [2.05, 4.69) is 11.4 Å². The van der Waals surface area contributed by atoms with Gasteiger partial charge in [0.05, 0.1) is 31.7 Å². The van der Waals surface area contributed by atoms with Gasteiger partial charge in [-0.05, 0) is 45.1 Å². The van der Waals surface area contributed by atoms with Crippen molar-refractivity contribution in [1.82, 2.24) is 5.32 Å². The van der Waals surface area contributed by atoms with E-state index < -0.39 is 10.0 Å². The number of hydrogen-bond donors (Lipinski definition) is 1. The van der Waals surface area contributed by atoms with Gasteiger partial charge in [-0.3, -0.25) is 9.10 Å². The third kappa shape index (κ3) is 5.41. The molecule has 0 aliphatic heterocycles. The normalized spacial score (nSPS) is 14.2. The van der Waals surface area contributed by atoms with Gasteiger partial charge < -0.3 is 14.8 Å². The van der Waals surface area contributed by atoms with E-state index in [4.69, 9.17) is 9.47 Å². The molecule has 0 atom stereocenters. The van der Waals surface area contributed by atoms with E-state index >= 15 is 0 Å². The average molecular weight is 411 g/mol. The number of nitrogens with zero attached hydrogens (tertiary/aromatic N) is 1. The van der Waals surface area contributed by atoms with Gasteiger partial charge >= 0.3 is 0 Å². The van der Waals surface area contributed by atoms with Gasteiger partial charge in [-0.15, -0.1) is 0 Å². The molecule has 0 saturated carbocycles. The van der Waals surface area contributed by atoms with Crippen molar-refractivity contribution in [3.05, 3.63) is 29.3 Å². The standard InChI is InChI=1S/C20H30N2O5S/c1-5-22(28(4,24)25)17-14-19(27-3)18(26-2)13-16(17)20(23)21-12-11-15-9-7-6-8-10-15/h9,13-14H,5-8,10-12H2,1-4H3,(H,21,23). The van der Waals surface area contributed by atoms with Crippen molar-refractivity contribution in [1.29, 1.82) is 0 Å². The van der Waals surface area contributed by atoms with Gasteiger partial charge in [0, 0.05) is 19.2 Å². The molecule has 1 N–H and O–H groups in total. The van der Waals surface area contributed by atoms with Crippen molar-refractivity contribution >= 4 is 21.6 Å². The zero-order valence-corrected chi connectivity index (χ0v) is 17.9. The summed E-state index contributed by atoms with van der Waals surface area (Å²) < 4.78 is 36.2. The first-order valence-corrected chi connectivity index (χ1v) is 11.4. The van der Waals surface area contributed by atoms with Gasteiger partial charge in [0.1, 0.15) is 0 Å². The van der Waals surface area contributed by atoms with E-state index in [1.165, 1.54) is 49.1 Å². The summed E-state index contributed by atoms with van der Waals surface area (Å²) in [5.74, 6) is 0.397. The summed E-state index contributed by atoms with van der Waals surface area (Å²) in [5.41, 5.74) is 1.88. The van der Waals surface area contributed by atoms with Crippen molar-refractivity contribution in [2.24, 2.45) is 0 Å². The first-order chi connectivity index (χ1) is 13.3. The van der Waals surface area contributed by atoms with Crippen LogP contribution in [-0.2, 0) is 10.0 Å². The Morgan fingerprint density at radius 1 is 1.18 bits per heavy atom. The number of nitrogens with one attached hydrogen (secondary N) is 1. The van der Waals surface area contributed by atoms with Crippen molar-refractivity contribution in [2.45, 2.75) is 39.0 Å². The highest BCUT2D eigenvalue weighted by molar-refractivity contribution is 7.92. The number of carbonyl (C=O) groups is 1. The average Bonchev–Trinajstić information content (AvgIpc) is 2.67. The number of benzene rings is 1. The molecular formula is C20H30N2O5S. The number of allylic oxidation sites excluding steroid dienone is 1. The molecule has 0 radical (unpaired) electrons. The van der Waals surface area contributed by atoms with Gasteiger partial charge in [-0.1, -0.05) is 11.6 Å². The summed E-state index contributed by atoms with van der Waals surface area (Å²) in [6, 6.07) is 3.05. The predicted octanol–water partition coefficient (Wildman–Crippen LogP) is 3.11. The second-order valence-corrected chi connectivity index (χ2v) is 8.67. The highest BCUT2D eigenvalue weighted by Crippen LogP contribution is 2.36. The van der Waals surface area contributed by atoms with E-state index in [9.17, 15) is 13.2 Å². The maximum Gasteiger partial charge on any atom is 0.253 e. The molecule has 0 saturated heterocycles.